The highest BCUT2D eigenvalue weighted by Crippen LogP contribution is 2.01. The molecule has 0 radical (unpaired) electrons. The molecule has 0 amide bonds. The van der Waals surface area contributed by atoms with Gasteiger partial charge < -0.3 is 9.94 Å². The van der Waals surface area contributed by atoms with Crippen LogP contribution in [-0.4, -0.2) is 7.11 Å². The Labute approximate surface area is 65.8 Å². The molecule has 3 nitrogen and oxygen atoms in total. The van der Waals surface area contributed by atoms with Crippen molar-refractivity contribution in [1.29, 1.82) is 0 Å². The summed E-state index contributed by atoms with van der Waals surface area (Å²) >= 11 is 0. The number of ether oxygens (including phenoxy) is 1. The molecule has 60 valence electrons. The molecule has 0 N–H and O–H groups in total. The number of rotatable bonds is 2. The zero-order valence-electron chi connectivity index (χ0n) is 6.70. The Morgan fingerprint density at radius 1 is 1.64 bits per heavy atom. The summed E-state index contributed by atoms with van der Waals surface area (Å²) in [5, 5.41) is 11.1. The fraction of sp³-hybridized carbons (Fsp3) is 0.375. The van der Waals surface area contributed by atoms with E-state index in [1.54, 1.807) is 13.2 Å². The van der Waals surface area contributed by atoms with E-state index < -0.39 is 0 Å². The average Bonchev–Trinajstić information content (AvgIpc) is 1.97. The van der Waals surface area contributed by atoms with E-state index in [4.69, 9.17) is 4.74 Å². The molecule has 0 aliphatic heterocycles. The van der Waals surface area contributed by atoms with Gasteiger partial charge in [-0.2, -0.15) is 4.73 Å². The van der Waals surface area contributed by atoms with Crippen LogP contribution in [-0.2, 0) is 11.3 Å². The molecule has 3 heteroatoms. The highest BCUT2D eigenvalue weighted by molar-refractivity contribution is 5.12. The third-order valence-corrected chi connectivity index (χ3v) is 1.57. The van der Waals surface area contributed by atoms with Gasteiger partial charge in [-0.15, -0.1) is 0 Å². The minimum Gasteiger partial charge on any atom is -0.618 e. The molecule has 1 aromatic rings. The van der Waals surface area contributed by atoms with Crippen LogP contribution in [0.25, 0.3) is 0 Å². The SMILES string of the molecule is COCc1c(C)ccc[n+]1[O-]. The van der Waals surface area contributed by atoms with Crippen LogP contribution >= 0.6 is 0 Å². The lowest BCUT2D eigenvalue weighted by Crippen LogP contribution is -2.32. The maximum Gasteiger partial charge on any atom is 0.221 e. The standard InChI is InChI=1S/C8H11NO2/c1-7-4-3-5-9(10)8(7)6-11-2/h3-5H,6H2,1-2H3. The summed E-state index contributed by atoms with van der Waals surface area (Å²) in [7, 11) is 1.58. The molecule has 0 aromatic carbocycles. The highest BCUT2D eigenvalue weighted by atomic mass is 16.5. The molecule has 0 aliphatic rings. The van der Waals surface area contributed by atoms with E-state index >= 15 is 0 Å². The number of nitrogens with zero attached hydrogens (tertiary/aromatic N) is 1. The molecule has 0 unspecified atom stereocenters. The van der Waals surface area contributed by atoms with Gasteiger partial charge in [0.2, 0.25) is 5.69 Å². The Bertz CT molecular complexity index is 228. The summed E-state index contributed by atoms with van der Waals surface area (Å²) in [6.45, 7) is 2.26. The Morgan fingerprint density at radius 3 is 2.91 bits per heavy atom. The van der Waals surface area contributed by atoms with Gasteiger partial charge in [0, 0.05) is 18.7 Å². The van der Waals surface area contributed by atoms with Crippen molar-refractivity contribution < 1.29 is 9.47 Å². The van der Waals surface area contributed by atoms with Crippen LogP contribution < -0.4 is 4.73 Å². The van der Waals surface area contributed by atoms with Gasteiger partial charge in [0.05, 0.1) is 0 Å². The van der Waals surface area contributed by atoms with Crippen LogP contribution in [0.15, 0.2) is 18.3 Å². The zero-order chi connectivity index (χ0) is 8.27. The van der Waals surface area contributed by atoms with Crippen molar-refractivity contribution in [3.8, 4) is 0 Å². The number of pyridine rings is 1. The van der Waals surface area contributed by atoms with Gasteiger partial charge in [-0.25, -0.2) is 0 Å². The first kappa shape index (κ1) is 8.01. The maximum atomic E-state index is 11.1. The van der Waals surface area contributed by atoms with Gasteiger partial charge in [0.15, 0.2) is 6.20 Å². The second-order valence-electron chi connectivity index (χ2n) is 2.40. The van der Waals surface area contributed by atoms with E-state index in [2.05, 4.69) is 0 Å². The van der Waals surface area contributed by atoms with Crippen molar-refractivity contribution >= 4 is 0 Å². The topological polar surface area (TPSA) is 36.2 Å². The number of aromatic nitrogens is 1. The van der Waals surface area contributed by atoms with Crippen molar-refractivity contribution in [2.75, 3.05) is 7.11 Å². The third-order valence-electron chi connectivity index (χ3n) is 1.57. The molecule has 0 bridgehead atoms. The minimum absolute atomic E-state index is 0.371. The fourth-order valence-corrected chi connectivity index (χ4v) is 0.940. The lowest BCUT2D eigenvalue weighted by atomic mass is 10.2. The number of methoxy groups -OCH3 is 1. The number of aryl methyl sites for hydroxylation is 1. The molecular formula is C8H11NO2. The fourth-order valence-electron chi connectivity index (χ4n) is 0.940. The summed E-state index contributed by atoms with van der Waals surface area (Å²) < 4.78 is 5.70. The summed E-state index contributed by atoms with van der Waals surface area (Å²) in [6, 6.07) is 3.62. The molecule has 0 saturated heterocycles. The van der Waals surface area contributed by atoms with E-state index in [0.29, 0.717) is 12.3 Å². The number of hydrogen-bond acceptors (Lipinski definition) is 2. The van der Waals surface area contributed by atoms with Crippen LogP contribution in [0.2, 0.25) is 0 Å². The van der Waals surface area contributed by atoms with Crippen LogP contribution in [0, 0.1) is 12.1 Å². The van der Waals surface area contributed by atoms with Crippen LogP contribution in [0.5, 0.6) is 0 Å². The Balaban J connectivity index is 3.00. The van der Waals surface area contributed by atoms with E-state index in [9.17, 15) is 5.21 Å². The van der Waals surface area contributed by atoms with Gasteiger partial charge in [0.25, 0.3) is 0 Å². The monoisotopic (exact) mass is 153 g/mol. The van der Waals surface area contributed by atoms with Crippen LogP contribution in [0.4, 0.5) is 0 Å². The third kappa shape index (κ3) is 1.68. The lowest BCUT2D eigenvalue weighted by molar-refractivity contribution is -0.616. The summed E-state index contributed by atoms with van der Waals surface area (Å²) in [4.78, 5) is 0. The van der Waals surface area contributed by atoms with Gasteiger partial charge in [-0.1, -0.05) is 0 Å². The Morgan fingerprint density at radius 2 is 2.36 bits per heavy atom. The van der Waals surface area contributed by atoms with Crippen molar-refractivity contribution in [2.24, 2.45) is 0 Å². The molecule has 11 heavy (non-hydrogen) atoms. The molecule has 0 atom stereocenters. The predicted molar refractivity (Wildman–Crippen MR) is 40.9 cm³/mol. The summed E-state index contributed by atoms with van der Waals surface area (Å²) in [6.07, 6.45) is 1.47. The van der Waals surface area contributed by atoms with Gasteiger partial charge in [0.1, 0.15) is 6.61 Å². The lowest BCUT2D eigenvalue weighted by Gasteiger charge is -2.04. The maximum absolute atomic E-state index is 11.1. The smallest absolute Gasteiger partial charge is 0.221 e. The average molecular weight is 153 g/mol. The second kappa shape index (κ2) is 3.34. The van der Waals surface area contributed by atoms with Crippen molar-refractivity contribution in [1.82, 2.24) is 0 Å². The molecule has 1 aromatic heterocycles. The Kier molecular flexibility index (Phi) is 2.44. The molecule has 1 rings (SSSR count). The van der Waals surface area contributed by atoms with Gasteiger partial charge >= 0.3 is 0 Å². The summed E-state index contributed by atoms with van der Waals surface area (Å²) in [5.41, 5.74) is 1.64. The van der Waals surface area contributed by atoms with E-state index in [0.717, 1.165) is 10.3 Å². The van der Waals surface area contributed by atoms with Crippen LogP contribution in [0.3, 0.4) is 0 Å². The zero-order valence-corrected chi connectivity index (χ0v) is 6.70. The molecule has 0 fully saturated rings. The molecule has 0 spiro atoms. The quantitative estimate of drug-likeness (QED) is 0.465. The first-order valence-electron chi connectivity index (χ1n) is 3.42. The minimum atomic E-state index is 0.371. The van der Waals surface area contributed by atoms with Crippen molar-refractivity contribution in [2.45, 2.75) is 13.5 Å². The molecule has 0 aliphatic carbocycles. The van der Waals surface area contributed by atoms with E-state index in [1.807, 2.05) is 13.0 Å². The molecule has 1 heterocycles. The largest absolute Gasteiger partial charge is 0.618 e. The first-order valence-corrected chi connectivity index (χ1v) is 3.42. The van der Waals surface area contributed by atoms with Crippen molar-refractivity contribution in [3.05, 3.63) is 34.8 Å². The number of hydrogen-bond donors (Lipinski definition) is 0. The predicted octanol–water partition coefficient (Wildman–Crippen LogP) is 0.775. The normalized spacial score (nSPS) is 10.0. The van der Waals surface area contributed by atoms with Crippen molar-refractivity contribution in [3.63, 3.8) is 0 Å². The Hall–Kier alpha value is -1.09. The van der Waals surface area contributed by atoms with Gasteiger partial charge in [-0.3, -0.25) is 0 Å². The van der Waals surface area contributed by atoms with E-state index in [1.165, 1.54) is 6.20 Å². The second-order valence-corrected chi connectivity index (χ2v) is 2.40. The summed E-state index contributed by atoms with van der Waals surface area (Å²) in [5.74, 6) is 0. The van der Waals surface area contributed by atoms with E-state index in [-0.39, 0.29) is 0 Å². The van der Waals surface area contributed by atoms with Gasteiger partial charge in [-0.05, 0) is 13.0 Å². The first-order chi connectivity index (χ1) is 5.25. The van der Waals surface area contributed by atoms with Crippen LogP contribution in [0.1, 0.15) is 11.3 Å². The molecule has 0 saturated carbocycles. The molecular weight excluding hydrogens is 142 g/mol. The highest BCUT2D eigenvalue weighted by Gasteiger charge is 2.06.